The lowest BCUT2D eigenvalue weighted by molar-refractivity contribution is 0.0410. The van der Waals surface area contributed by atoms with Crippen molar-refractivity contribution in [1.29, 1.82) is 5.26 Å². The van der Waals surface area contributed by atoms with Crippen molar-refractivity contribution in [3.63, 3.8) is 0 Å². The molecule has 2 heteroatoms. The van der Waals surface area contributed by atoms with Crippen molar-refractivity contribution in [3.8, 4) is 11.8 Å². The molecule has 1 aromatic carbocycles. The molecule has 0 aliphatic heterocycles. The third-order valence-corrected chi connectivity index (χ3v) is 5.28. The van der Waals surface area contributed by atoms with E-state index < -0.39 is 0 Å². The molecular formula is C19H27NO. The average Bonchev–Trinajstić information content (AvgIpc) is 2.49. The van der Waals surface area contributed by atoms with E-state index in [2.05, 4.69) is 45.9 Å². The molecule has 1 aromatic rings. The van der Waals surface area contributed by atoms with Crippen molar-refractivity contribution >= 4 is 0 Å². The van der Waals surface area contributed by atoms with Gasteiger partial charge in [-0.2, -0.15) is 5.26 Å². The Morgan fingerprint density at radius 1 is 1.24 bits per heavy atom. The first kappa shape index (κ1) is 15.9. The molecule has 0 N–H and O–H groups in total. The van der Waals surface area contributed by atoms with Gasteiger partial charge in [-0.25, -0.2) is 0 Å². The van der Waals surface area contributed by atoms with E-state index in [-0.39, 0.29) is 12.0 Å². The molecule has 0 spiro atoms. The van der Waals surface area contributed by atoms with Gasteiger partial charge in [0.1, 0.15) is 11.9 Å². The van der Waals surface area contributed by atoms with Crippen molar-refractivity contribution < 1.29 is 4.74 Å². The molecule has 1 aliphatic carbocycles. The molecule has 0 aromatic heterocycles. The second-order valence-corrected chi connectivity index (χ2v) is 7.06. The van der Waals surface area contributed by atoms with Gasteiger partial charge >= 0.3 is 0 Å². The highest BCUT2D eigenvalue weighted by Crippen LogP contribution is 2.43. The lowest BCUT2D eigenvalue weighted by Gasteiger charge is -2.41. The molecule has 114 valence electrons. The quantitative estimate of drug-likeness (QED) is 0.769. The summed E-state index contributed by atoms with van der Waals surface area (Å²) in [5.74, 6) is 1.55. The molecule has 3 atom stereocenters. The minimum Gasteiger partial charge on any atom is -0.489 e. The number of nitrogens with zero attached hydrogens (tertiary/aromatic N) is 1. The second-order valence-electron chi connectivity index (χ2n) is 7.06. The Hall–Kier alpha value is -1.49. The first-order valence-electron chi connectivity index (χ1n) is 8.09. The SMILES string of the molecule is CCC(C)(C)C1CCC(C#N)C(Oc2ccc(C)cc2)C1. The predicted molar refractivity (Wildman–Crippen MR) is 86.1 cm³/mol. The first-order chi connectivity index (χ1) is 9.96. The summed E-state index contributed by atoms with van der Waals surface area (Å²) in [5.41, 5.74) is 1.56. The van der Waals surface area contributed by atoms with E-state index in [0.29, 0.717) is 11.3 Å². The monoisotopic (exact) mass is 285 g/mol. The lowest BCUT2D eigenvalue weighted by Crippen LogP contribution is -2.38. The normalized spacial score (nSPS) is 26.1. The Morgan fingerprint density at radius 2 is 1.90 bits per heavy atom. The summed E-state index contributed by atoms with van der Waals surface area (Å²) in [6.07, 6.45) is 4.30. The standard InChI is InChI=1S/C19H27NO/c1-5-19(3,4)16-9-8-15(13-20)18(12-16)21-17-10-6-14(2)7-11-17/h6-7,10-11,15-16,18H,5,8-9,12H2,1-4H3. The molecule has 1 saturated carbocycles. The highest BCUT2D eigenvalue weighted by atomic mass is 16.5. The van der Waals surface area contributed by atoms with E-state index in [1.54, 1.807) is 0 Å². The second kappa shape index (κ2) is 6.52. The number of ether oxygens (including phenoxy) is 1. The Morgan fingerprint density at radius 3 is 2.48 bits per heavy atom. The number of aryl methyl sites for hydroxylation is 1. The third kappa shape index (κ3) is 3.79. The van der Waals surface area contributed by atoms with Gasteiger partial charge in [-0.05, 0) is 49.7 Å². The molecule has 3 unspecified atom stereocenters. The topological polar surface area (TPSA) is 33.0 Å². The van der Waals surface area contributed by atoms with Crippen molar-refractivity contribution in [2.45, 2.75) is 59.5 Å². The number of nitriles is 1. The van der Waals surface area contributed by atoms with Gasteiger partial charge in [0.2, 0.25) is 0 Å². The summed E-state index contributed by atoms with van der Waals surface area (Å²) in [4.78, 5) is 0. The van der Waals surface area contributed by atoms with Crippen LogP contribution in [0.5, 0.6) is 5.75 Å². The van der Waals surface area contributed by atoms with Gasteiger partial charge in [0, 0.05) is 0 Å². The Bertz CT molecular complexity index is 497. The highest BCUT2D eigenvalue weighted by molar-refractivity contribution is 5.26. The van der Waals surface area contributed by atoms with Gasteiger partial charge in [0.15, 0.2) is 0 Å². The van der Waals surface area contributed by atoms with Crippen LogP contribution < -0.4 is 4.74 Å². The summed E-state index contributed by atoms with van der Waals surface area (Å²) < 4.78 is 6.16. The van der Waals surface area contributed by atoms with Crippen LogP contribution in [0.15, 0.2) is 24.3 Å². The van der Waals surface area contributed by atoms with Gasteiger partial charge in [-0.1, -0.05) is 44.9 Å². The molecule has 2 nitrogen and oxygen atoms in total. The Kier molecular flexibility index (Phi) is 4.93. The van der Waals surface area contributed by atoms with Crippen LogP contribution in [0.25, 0.3) is 0 Å². The summed E-state index contributed by atoms with van der Waals surface area (Å²) in [5, 5.41) is 9.40. The molecule has 0 radical (unpaired) electrons. The molecule has 1 aliphatic rings. The molecule has 1 fully saturated rings. The van der Waals surface area contributed by atoms with Crippen molar-refractivity contribution in [2.24, 2.45) is 17.3 Å². The molecule has 2 rings (SSSR count). The molecule has 0 bridgehead atoms. The van der Waals surface area contributed by atoms with Crippen molar-refractivity contribution in [2.75, 3.05) is 0 Å². The summed E-state index contributed by atoms with van der Waals surface area (Å²) in [7, 11) is 0. The van der Waals surface area contributed by atoms with Crippen LogP contribution in [-0.2, 0) is 0 Å². The summed E-state index contributed by atoms with van der Waals surface area (Å²) >= 11 is 0. The Balaban J connectivity index is 2.10. The number of hydrogen-bond donors (Lipinski definition) is 0. The fourth-order valence-electron chi connectivity index (χ4n) is 3.20. The minimum atomic E-state index is 0.0233. The van der Waals surface area contributed by atoms with E-state index in [1.807, 2.05) is 12.1 Å². The van der Waals surface area contributed by atoms with E-state index in [0.717, 1.165) is 25.0 Å². The van der Waals surface area contributed by atoms with Gasteiger partial charge in [-0.3, -0.25) is 0 Å². The fourth-order valence-corrected chi connectivity index (χ4v) is 3.20. The van der Waals surface area contributed by atoms with Crippen molar-refractivity contribution in [3.05, 3.63) is 29.8 Å². The molecular weight excluding hydrogens is 258 g/mol. The zero-order valence-corrected chi connectivity index (χ0v) is 13.7. The largest absolute Gasteiger partial charge is 0.489 e. The van der Waals surface area contributed by atoms with E-state index in [4.69, 9.17) is 4.74 Å². The molecule has 0 saturated heterocycles. The van der Waals surface area contributed by atoms with Crippen LogP contribution in [0, 0.1) is 35.5 Å². The number of hydrogen-bond acceptors (Lipinski definition) is 2. The fraction of sp³-hybridized carbons (Fsp3) is 0.632. The highest BCUT2D eigenvalue weighted by Gasteiger charge is 2.38. The summed E-state index contributed by atoms with van der Waals surface area (Å²) in [6.45, 7) is 9.01. The summed E-state index contributed by atoms with van der Waals surface area (Å²) in [6, 6.07) is 10.6. The molecule has 0 amide bonds. The van der Waals surface area contributed by atoms with Crippen LogP contribution >= 0.6 is 0 Å². The van der Waals surface area contributed by atoms with E-state index in [1.165, 1.54) is 12.0 Å². The van der Waals surface area contributed by atoms with Crippen LogP contribution in [-0.4, -0.2) is 6.10 Å². The van der Waals surface area contributed by atoms with E-state index >= 15 is 0 Å². The van der Waals surface area contributed by atoms with Gasteiger partial charge in [0.05, 0.1) is 12.0 Å². The molecule has 0 heterocycles. The smallest absolute Gasteiger partial charge is 0.119 e. The van der Waals surface area contributed by atoms with Gasteiger partial charge < -0.3 is 4.74 Å². The van der Waals surface area contributed by atoms with E-state index in [9.17, 15) is 5.26 Å². The maximum Gasteiger partial charge on any atom is 0.119 e. The van der Waals surface area contributed by atoms with Crippen LogP contribution in [0.4, 0.5) is 0 Å². The van der Waals surface area contributed by atoms with Crippen molar-refractivity contribution in [1.82, 2.24) is 0 Å². The van der Waals surface area contributed by atoms with Crippen LogP contribution in [0.2, 0.25) is 0 Å². The maximum atomic E-state index is 9.40. The third-order valence-electron chi connectivity index (χ3n) is 5.28. The zero-order valence-electron chi connectivity index (χ0n) is 13.7. The van der Waals surface area contributed by atoms with Crippen LogP contribution in [0.3, 0.4) is 0 Å². The van der Waals surface area contributed by atoms with Crippen LogP contribution in [0.1, 0.15) is 52.0 Å². The first-order valence-corrected chi connectivity index (χ1v) is 8.09. The number of benzene rings is 1. The van der Waals surface area contributed by atoms with Gasteiger partial charge in [-0.15, -0.1) is 0 Å². The lowest BCUT2D eigenvalue weighted by atomic mass is 9.67. The predicted octanol–water partition coefficient (Wildman–Crippen LogP) is 5.12. The zero-order chi connectivity index (χ0) is 15.5. The molecule has 21 heavy (non-hydrogen) atoms. The average molecular weight is 285 g/mol. The number of rotatable bonds is 4. The minimum absolute atomic E-state index is 0.0233. The van der Waals surface area contributed by atoms with Gasteiger partial charge in [0.25, 0.3) is 0 Å². The maximum absolute atomic E-state index is 9.40. The Labute approximate surface area is 129 Å².